The average molecular weight is 585 g/mol. The van der Waals surface area contributed by atoms with Gasteiger partial charge in [0.2, 0.25) is 0 Å². The first-order valence-corrected chi connectivity index (χ1v) is 13.2. The summed E-state index contributed by atoms with van der Waals surface area (Å²) in [4.78, 5) is 52.0. The number of aromatic hydroxyl groups is 2. The van der Waals surface area contributed by atoms with Crippen molar-refractivity contribution in [1.29, 1.82) is 0 Å². The van der Waals surface area contributed by atoms with E-state index in [2.05, 4.69) is 10.3 Å². The molecule has 2 aliphatic rings. The van der Waals surface area contributed by atoms with Crippen LogP contribution in [0.3, 0.4) is 0 Å². The largest absolute Gasteiger partial charge is 0.508 e. The maximum Gasteiger partial charge on any atom is 0.340 e. The molecule has 0 saturated carbocycles. The summed E-state index contributed by atoms with van der Waals surface area (Å²) in [6.07, 6.45) is 1.15. The summed E-state index contributed by atoms with van der Waals surface area (Å²) in [7, 11) is 0. The number of rotatable bonds is 8. The average Bonchev–Trinajstić information content (AvgIpc) is 3.47. The number of nitrogens with one attached hydrogen (secondary N) is 2. The number of H-pyrrole nitrogens is 1. The summed E-state index contributed by atoms with van der Waals surface area (Å²) in [5.41, 5.74) is 1.40. The molecule has 0 radical (unpaired) electrons. The highest BCUT2D eigenvalue weighted by molar-refractivity contribution is 6.00. The second kappa shape index (κ2) is 10.2. The zero-order valence-corrected chi connectivity index (χ0v) is 22.3. The Balaban J connectivity index is 1.36. The SMILES string of the molecule is O=C(O)CCc1c[nH]c(CNC(=O)c2ccc3c(c2)C2(OC3=O)c3ccc(O)cc3Oc3cc(O)ccc32)c1CC(=O)O. The third-order valence-electron chi connectivity index (χ3n) is 7.57. The summed E-state index contributed by atoms with van der Waals surface area (Å²) in [5, 5.41) is 41.4. The van der Waals surface area contributed by atoms with Crippen LogP contribution in [0.2, 0.25) is 0 Å². The number of hydrogen-bond acceptors (Lipinski definition) is 8. The van der Waals surface area contributed by atoms with Crippen molar-refractivity contribution in [3.63, 3.8) is 0 Å². The Bertz CT molecular complexity index is 1790. The van der Waals surface area contributed by atoms with Crippen molar-refractivity contribution >= 4 is 23.8 Å². The molecule has 0 bridgehead atoms. The molecule has 218 valence electrons. The maximum absolute atomic E-state index is 13.4. The number of aryl methyl sites for hydroxylation is 1. The number of fused-ring (bicyclic) bond motifs is 6. The van der Waals surface area contributed by atoms with Crippen LogP contribution in [0.25, 0.3) is 0 Å². The van der Waals surface area contributed by atoms with Gasteiger partial charge in [-0.25, -0.2) is 4.79 Å². The molecule has 2 aliphatic heterocycles. The van der Waals surface area contributed by atoms with Gasteiger partial charge in [-0.1, -0.05) is 0 Å². The number of aromatic nitrogens is 1. The Kier molecular flexibility index (Phi) is 6.53. The maximum atomic E-state index is 13.4. The molecule has 12 heteroatoms. The number of aliphatic carboxylic acids is 2. The molecule has 3 aromatic carbocycles. The molecular formula is C31H24N2O10. The Labute approximate surface area is 243 Å². The van der Waals surface area contributed by atoms with Crippen molar-refractivity contribution in [3.05, 3.63) is 105 Å². The highest BCUT2D eigenvalue weighted by atomic mass is 16.6. The molecule has 0 aliphatic carbocycles. The minimum atomic E-state index is -1.54. The molecule has 0 saturated heterocycles. The molecule has 12 nitrogen and oxygen atoms in total. The van der Waals surface area contributed by atoms with Crippen molar-refractivity contribution in [2.75, 3.05) is 0 Å². The topological polar surface area (TPSA) is 195 Å². The second-order valence-corrected chi connectivity index (χ2v) is 10.2. The normalized spacial score (nSPS) is 13.8. The van der Waals surface area contributed by atoms with E-state index in [1.54, 1.807) is 18.3 Å². The fourth-order valence-corrected chi connectivity index (χ4v) is 5.65. The van der Waals surface area contributed by atoms with Crippen LogP contribution in [0, 0.1) is 0 Å². The lowest BCUT2D eigenvalue weighted by molar-refractivity contribution is -0.137. The second-order valence-electron chi connectivity index (χ2n) is 10.2. The van der Waals surface area contributed by atoms with Gasteiger partial charge in [0.05, 0.1) is 18.5 Å². The number of carboxylic acid groups (broad SMARTS) is 2. The van der Waals surface area contributed by atoms with Crippen LogP contribution >= 0.6 is 0 Å². The van der Waals surface area contributed by atoms with E-state index < -0.39 is 29.4 Å². The molecule has 3 heterocycles. The van der Waals surface area contributed by atoms with Gasteiger partial charge in [0, 0.05) is 52.7 Å². The van der Waals surface area contributed by atoms with Gasteiger partial charge in [0.25, 0.3) is 5.91 Å². The van der Waals surface area contributed by atoms with Crippen LogP contribution in [0.1, 0.15) is 60.6 Å². The highest BCUT2D eigenvalue weighted by Crippen LogP contribution is 2.57. The zero-order valence-electron chi connectivity index (χ0n) is 22.3. The van der Waals surface area contributed by atoms with Crippen molar-refractivity contribution < 1.29 is 49.1 Å². The lowest BCUT2D eigenvalue weighted by atomic mass is 9.77. The number of aromatic amines is 1. The van der Waals surface area contributed by atoms with Gasteiger partial charge >= 0.3 is 17.9 Å². The number of carbonyl (C=O) groups is 4. The summed E-state index contributed by atoms with van der Waals surface area (Å²) in [5.74, 6) is -3.06. The van der Waals surface area contributed by atoms with E-state index in [0.717, 1.165) is 0 Å². The molecule has 1 spiro atoms. The van der Waals surface area contributed by atoms with Crippen molar-refractivity contribution in [1.82, 2.24) is 10.3 Å². The van der Waals surface area contributed by atoms with E-state index >= 15 is 0 Å². The Morgan fingerprint density at radius 1 is 0.860 bits per heavy atom. The first-order valence-electron chi connectivity index (χ1n) is 13.2. The van der Waals surface area contributed by atoms with Gasteiger partial charge in [0.15, 0.2) is 5.60 Å². The molecule has 4 aromatic rings. The third-order valence-corrected chi connectivity index (χ3v) is 7.57. The van der Waals surface area contributed by atoms with Crippen LogP contribution < -0.4 is 10.1 Å². The molecule has 0 atom stereocenters. The van der Waals surface area contributed by atoms with Gasteiger partial charge in [-0.2, -0.15) is 0 Å². The van der Waals surface area contributed by atoms with Gasteiger partial charge in [-0.15, -0.1) is 0 Å². The molecule has 0 fully saturated rings. The summed E-state index contributed by atoms with van der Waals surface area (Å²) in [6, 6.07) is 13.2. The summed E-state index contributed by atoms with van der Waals surface area (Å²) < 4.78 is 12.0. The van der Waals surface area contributed by atoms with Gasteiger partial charge in [-0.05, 0) is 60.0 Å². The Morgan fingerprint density at radius 2 is 1.53 bits per heavy atom. The molecule has 1 aromatic heterocycles. The third kappa shape index (κ3) is 4.68. The molecule has 6 N–H and O–H groups in total. The van der Waals surface area contributed by atoms with Crippen LogP contribution in [0.4, 0.5) is 0 Å². The summed E-state index contributed by atoms with van der Waals surface area (Å²) in [6.45, 7) is -0.0652. The molecule has 43 heavy (non-hydrogen) atoms. The van der Waals surface area contributed by atoms with Gasteiger partial charge < -0.3 is 40.2 Å². The first-order chi connectivity index (χ1) is 20.6. The quantitative estimate of drug-likeness (QED) is 0.167. The lowest BCUT2D eigenvalue weighted by Gasteiger charge is -2.36. The molecule has 6 rings (SSSR count). The number of carboxylic acids is 2. The molecule has 1 amide bonds. The molecular weight excluding hydrogens is 560 g/mol. The minimum Gasteiger partial charge on any atom is -0.508 e. The highest BCUT2D eigenvalue weighted by Gasteiger charge is 2.53. The number of phenolic OH excluding ortho intramolecular Hbond substituents is 2. The number of hydrogen-bond donors (Lipinski definition) is 6. The number of ether oxygens (including phenoxy) is 2. The van der Waals surface area contributed by atoms with Crippen molar-refractivity contribution in [2.45, 2.75) is 31.4 Å². The zero-order chi connectivity index (χ0) is 30.5. The van der Waals surface area contributed by atoms with Crippen molar-refractivity contribution in [2.24, 2.45) is 0 Å². The number of phenols is 2. The van der Waals surface area contributed by atoms with Crippen LogP contribution in [0.5, 0.6) is 23.0 Å². The van der Waals surface area contributed by atoms with E-state index in [1.165, 1.54) is 42.5 Å². The minimum absolute atomic E-state index is 0.0652. The monoisotopic (exact) mass is 584 g/mol. The Hall–Kier alpha value is -5.78. The fraction of sp³-hybridized carbons (Fsp3) is 0.161. The lowest BCUT2D eigenvalue weighted by Crippen LogP contribution is -2.33. The van der Waals surface area contributed by atoms with E-state index in [-0.39, 0.29) is 59.9 Å². The number of carbonyl (C=O) groups excluding carboxylic acids is 2. The smallest absolute Gasteiger partial charge is 0.340 e. The standard InChI is InChI=1S/C31H24N2O10/c34-17-3-6-21-25(10-17)42-26-11-18(35)4-7-22(26)31(21)23-9-15(1-5-19(23)30(41)43-31)29(40)33-14-24-20(12-28(38)39)16(13-32-24)2-8-27(36)37/h1,3-7,9-11,13,32,34-35H,2,8,12,14H2,(H,33,40)(H,36,37)(H,38,39). The summed E-state index contributed by atoms with van der Waals surface area (Å²) >= 11 is 0. The van der Waals surface area contributed by atoms with E-state index in [0.29, 0.717) is 33.5 Å². The first kappa shape index (κ1) is 27.4. The van der Waals surface area contributed by atoms with Crippen LogP contribution in [-0.4, -0.2) is 49.2 Å². The van der Waals surface area contributed by atoms with E-state index in [1.807, 2.05) is 0 Å². The number of amides is 1. The molecule has 0 unspecified atom stereocenters. The van der Waals surface area contributed by atoms with Crippen LogP contribution in [0.15, 0.2) is 60.8 Å². The predicted octanol–water partition coefficient (Wildman–Crippen LogP) is 3.57. The number of benzene rings is 3. The van der Waals surface area contributed by atoms with Gasteiger partial charge in [-0.3, -0.25) is 14.4 Å². The predicted molar refractivity (Wildman–Crippen MR) is 147 cm³/mol. The Morgan fingerprint density at radius 3 is 2.16 bits per heavy atom. The van der Waals surface area contributed by atoms with E-state index in [9.17, 15) is 34.5 Å². The van der Waals surface area contributed by atoms with E-state index in [4.69, 9.17) is 14.6 Å². The van der Waals surface area contributed by atoms with Gasteiger partial charge in [0.1, 0.15) is 23.0 Å². The van der Waals surface area contributed by atoms with Crippen LogP contribution in [-0.2, 0) is 39.3 Å². The number of esters is 1. The fourth-order valence-electron chi connectivity index (χ4n) is 5.65. The van der Waals surface area contributed by atoms with Crippen molar-refractivity contribution in [3.8, 4) is 23.0 Å².